The first kappa shape index (κ1) is 20.7. The Morgan fingerprint density at radius 2 is 1.62 bits per heavy atom. The van der Waals surface area contributed by atoms with Gasteiger partial charge in [0.25, 0.3) is 6.04 Å². The van der Waals surface area contributed by atoms with Crippen molar-refractivity contribution in [1.82, 2.24) is 5.32 Å². The molecule has 0 spiro atoms. The first-order chi connectivity index (χ1) is 14.0. The Morgan fingerprint density at radius 3 is 2.24 bits per heavy atom. The van der Waals surface area contributed by atoms with E-state index in [0.29, 0.717) is 17.7 Å². The molecule has 0 saturated carbocycles. The fourth-order valence-electron chi connectivity index (χ4n) is 2.85. The number of ketones is 1. The lowest BCUT2D eigenvalue weighted by molar-refractivity contribution is -0.692. The predicted molar refractivity (Wildman–Crippen MR) is 108 cm³/mol. The van der Waals surface area contributed by atoms with Crippen molar-refractivity contribution in [2.24, 2.45) is 0 Å². The molecule has 1 atom stereocenters. The van der Waals surface area contributed by atoms with Gasteiger partial charge in [0, 0.05) is 23.7 Å². The zero-order valence-corrected chi connectivity index (χ0v) is 16.2. The SMILES string of the molecule is O=C(c1ccc(F)cc1)[C@@H](C(=S)NCc1ccc(F)cc1)[n+]1cccc(CO)c1. The quantitative estimate of drug-likeness (QED) is 0.355. The predicted octanol–water partition coefficient (Wildman–Crippen LogP) is 3.29. The lowest BCUT2D eigenvalue weighted by Crippen LogP contribution is -2.51. The van der Waals surface area contributed by atoms with Crippen molar-refractivity contribution in [1.29, 1.82) is 0 Å². The van der Waals surface area contributed by atoms with E-state index >= 15 is 0 Å². The van der Waals surface area contributed by atoms with Gasteiger partial charge in [-0.1, -0.05) is 24.4 Å². The van der Waals surface area contributed by atoms with E-state index in [9.17, 15) is 18.7 Å². The Kier molecular flexibility index (Phi) is 6.74. The molecule has 0 aliphatic carbocycles. The molecule has 0 aliphatic rings. The zero-order valence-electron chi connectivity index (χ0n) is 15.4. The lowest BCUT2D eigenvalue weighted by Gasteiger charge is -2.15. The van der Waals surface area contributed by atoms with Crippen molar-refractivity contribution in [2.75, 3.05) is 0 Å². The Bertz CT molecular complexity index is 1010. The Labute approximate surface area is 172 Å². The third kappa shape index (κ3) is 5.28. The molecule has 0 bridgehead atoms. The molecule has 29 heavy (non-hydrogen) atoms. The molecule has 7 heteroatoms. The summed E-state index contributed by atoms with van der Waals surface area (Å²) in [6, 6.07) is 13.7. The number of halogens is 2. The lowest BCUT2D eigenvalue weighted by atomic mass is 10.0. The summed E-state index contributed by atoms with van der Waals surface area (Å²) in [5.74, 6) is -1.09. The van der Waals surface area contributed by atoms with Gasteiger partial charge < -0.3 is 10.4 Å². The second-order valence-corrected chi connectivity index (χ2v) is 6.88. The number of carbonyl (C=O) groups excluding carboxylic acids is 1. The highest BCUT2D eigenvalue weighted by molar-refractivity contribution is 7.80. The summed E-state index contributed by atoms with van der Waals surface area (Å²) in [5.41, 5.74) is 1.73. The normalized spacial score (nSPS) is 11.7. The minimum atomic E-state index is -0.887. The summed E-state index contributed by atoms with van der Waals surface area (Å²) in [6.07, 6.45) is 3.31. The van der Waals surface area contributed by atoms with E-state index in [4.69, 9.17) is 12.2 Å². The molecule has 0 saturated heterocycles. The molecule has 4 nitrogen and oxygen atoms in total. The van der Waals surface area contributed by atoms with Crippen LogP contribution in [0.15, 0.2) is 73.1 Å². The summed E-state index contributed by atoms with van der Waals surface area (Å²) in [4.78, 5) is 13.4. The molecule has 0 fully saturated rings. The standard InChI is InChI=1S/C22H18F2N2O2S/c23-18-7-3-15(4-8-18)12-25-22(29)20(26-11-1-2-16(13-26)14-27)21(28)17-5-9-19(24)10-6-17/h1-11,13,20,27H,12,14H2/p+1/t20-/m0/s1. The summed E-state index contributed by atoms with van der Waals surface area (Å²) >= 11 is 5.50. The number of carbonyl (C=O) groups is 1. The fourth-order valence-corrected chi connectivity index (χ4v) is 3.15. The highest BCUT2D eigenvalue weighted by Crippen LogP contribution is 2.13. The zero-order chi connectivity index (χ0) is 20.8. The van der Waals surface area contributed by atoms with Crippen molar-refractivity contribution in [3.8, 4) is 0 Å². The van der Waals surface area contributed by atoms with Crippen molar-refractivity contribution >= 4 is 23.0 Å². The van der Waals surface area contributed by atoms with Crippen LogP contribution in [0.4, 0.5) is 8.78 Å². The second-order valence-electron chi connectivity index (χ2n) is 6.44. The monoisotopic (exact) mass is 413 g/mol. The van der Waals surface area contributed by atoms with Crippen LogP contribution < -0.4 is 9.88 Å². The highest BCUT2D eigenvalue weighted by atomic mass is 32.1. The van der Waals surface area contributed by atoms with E-state index in [1.165, 1.54) is 36.4 Å². The number of benzene rings is 2. The number of hydrogen-bond acceptors (Lipinski definition) is 3. The first-order valence-corrected chi connectivity index (χ1v) is 9.31. The largest absolute Gasteiger partial charge is 0.391 e. The number of aliphatic hydroxyl groups is 1. The number of nitrogens with one attached hydrogen (secondary N) is 1. The number of thiocarbonyl (C=S) groups is 1. The molecular weight excluding hydrogens is 394 g/mol. The van der Waals surface area contributed by atoms with Crippen molar-refractivity contribution < 1.29 is 23.2 Å². The molecule has 2 N–H and O–H groups in total. The number of aliphatic hydroxyl groups excluding tert-OH is 1. The Hall–Kier alpha value is -3.03. The molecule has 1 aromatic heterocycles. The van der Waals surface area contributed by atoms with E-state index in [1.807, 2.05) is 0 Å². The van der Waals surface area contributed by atoms with Crippen LogP contribution in [0.2, 0.25) is 0 Å². The first-order valence-electron chi connectivity index (χ1n) is 8.90. The molecule has 3 rings (SSSR count). The number of aromatic nitrogens is 1. The van der Waals surface area contributed by atoms with E-state index < -0.39 is 11.9 Å². The van der Waals surface area contributed by atoms with Crippen molar-refractivity contribution in [2.45, 2.75) is 19.2 Å². The number of rotatable bonds is 7. The van der Waals surface area contributed by atoms with E-state index in [0.717, 1.165) is 5.56 Å². The van der Waals surface area contributed by atoms with Crippen LogP contribution in [-0.4, -0.2) is 15.9 Å². The molecule has 0 radical (unpaired) electrons. The maximum atomic E-state index is 13.3. The van der Waals surface area contributed by atoms with Gasteiger partial charge >= 0.3 is 0 Å². The minimum Gasteiger partial charge on any atom is -0.391 e. The van der Waals surface area contributed by atoms with Gasteiger partial charge in [0.2, 0.25) is 5.78 Å². The van der Waals surface area contributed by atoms with Gasteiger partial charge in [-0.15, -0.1) is 0 Å². The van der Waals surface area contributed by atoms with Crippen molar-refractivity contribution in [3.05, 3.63) is 101 Å². The molecular formula is C22H19F2N2O2S+. The van der Waals surface area contributed by atoms with Gasteiger partial charge in [-0.2, -0.15) is 4.57 Å². The molecule has 148 valence electrons. The molecule has 1 heterocycles. The minimum absolute atomic E-state index is 0.186. The highest BCUT2D eigenvalue weighted by Gasteiger charge is 2.33. The van der Waals surface area contributed by atoms with Gasteiger partial charge in [0.15, 0.2) is 17.4 Å². The van der Waals surface area contributed by atoms with Crippen molar-refractivity contribution in [3.63, 3.8) is 0 Å². The van der Waals surface area contributed by atoms with Gasteiger partial charge in [-0.25, -0.2) is 8.78 Å². The van der Waals surface area contributed by atoms with Gasteiger partial charge in [-0.05, 0) is 48.0 Å². The van der Waals surface area contributed by atoms with Crippen LogP contribution in [0.1, 0.15) is 27.5 Å². The van der Waals surface area contributed by atoms with E-state index in [2.05, 4.69) is 5.32 Å². The van der Waals surface area contributed by atoms with Crippen LogP contribution in [0.3, 0.4) is 0 Å². The molecule has 0 unspecified atom stereocenters. The van der Waals surface area contributed by atoms with Crippen LogP contribution >= 0.6 is 12.2 Å². The average Bonchev–Trinajstić information content (AvgIpc) is 2.74. The van der Waals surface area contributed by atoms with Crippen LogP contribution in [0.5, 0.6) is 0 Å². The summed E-state index contributed by atoms with van der Waals surface area (Å²) in [6.45, 7) is 0.126. The van der Waals surface area contributed by atoms with Crippen LogP contribution in [0, 0.1) is 11.6 Å². The fraction of sp³-hybridized carbons (Fsp3) is 0.136. The van der Waals surface area contributed by atoms with E-state index in [-0.39, 0.29) is 23.2 Å². The summed E-state index contributed by atoms with van der Waals surface area (Å²) in [7, 11) is 0. The molecule has 0 amide bonds. The molecule has 0 aliphatic heterocycles. The smallest absolute Gasteiger partial charge is 0.270 e. The number of nitrogens with zero attached hydrogens (tertiary/aromatic N) is 1. The van der Waals surface area contributed by atoms with Gasteiger partial charge in [-0.3, -0.25) is 4.79 Å². The maximum Gasteiger partial charge on any atom is 0.270 e. The Morgan fingerprint density at radius 1 is 1.00 bits per heavy atom. The topological polar surface area (TPSA) is 53.2 Å². The number of Topliss-reactive ketones (excluding diaryl/α,β-unsaturated/α-hetero) is 1. The second kappa shape index (κ2) is 9.45. The van der Waals surface area contributed by atoms with E-state index in [1.54, 1.807) is 41.2 Å². The third-order valence-corrected chi connectivity index (χ3v) is 4.74. The maximum absolute atomic E-state index is 13.3. The number of pyridine rings is 1. The molecule has 3 aromatic rings. The van der Waals surface area contributed by atoms with Crippen LogP contribution in [-0.2, 0) is 13.2 Å². The number of hydrogen-bond donors (Lipinski definition) is 2. The van der Waals surface area contributed by atoms with Crippen LogP contribution in [0.25, 0.3) is 0 Å². The molecule has 2 aromatic carbocycles. The van der Waals surface area contributed by atoms with Gasteiger partial charge in [0.05, 0.1) is 6.61 Å². The average molecular weight is 413 g/mol. The third-order valence-electron chi connectivity index (χ3n) is 4.37. The van der Waals surface area contributed by atoms with Gasteiger partial charge in [0.1, 0.15) is 11.6 Å². The Balaban J connectivity index is 1.88. The summed E-state index contributed by atoms with van der Waals surface area (Å²) < 4.78 is 28.0. The summed E-state index contributed by atoms with van der Waals surface area (Å²) in [5, 5.41) is 12.5.